The molecule has 0 saturated heterocycles. The molecular weight excluding hydrogens is 310 g/mol. The lowest BCUT2D eigenvalue weighted by molar-refractivity contribution is -0.142. The van der Waals surface area contributed by atoms with Gasteiger partial charge in [0, 0.05) is 13.2 Å². The van der Waals surface area contributed by atoms with E-state index in [4.69, 9.17) is 28.8 Å². The van der Waals surface area contributed by atoms with Crippen molar-refractivity contribution in [3.8, 4) is 0 Å². The molecule has 0 aromatic rings. The normalized spacial score (nSPS) is 10.7. The summed E-state index contributed by atoms with van der Waals surface area (Å²) in [5, 5.41) is 11.0. The maximum absolute atomic E-state index is 11.2. The van der Waals surface area contributed by atoms with Crippen LogP contribution < -0.4 is 5.32 Å². The van der Waals surface area contributed by atoms with E-state index in [1.54, 1.807) is 0 Å². The lowest BCUT2D eigenvalue weighted by Gasteiger charge is -2.08. The number of carboxylic acids is 1. The van der Waals surface area contributed by atoms with Crippen molar-refractivity contribution in [2.24, 2.45) is 0 Å². The molecule has 0 radical (unpaired) electrons. The smallest absolute Gasteiger partial charge is 0.329 e. The monoisotopic (exact) mass is 337 g/mol. The Morgan fingerprint density at radius 3 is 1.83 bits per heavy atom. The molecule has 1 amide bonds. The standard InChI is InChI=1S/C14H27NO8/c1-2-19-11-13(16)15-3-4-20-5-6-21-7-8-22-9-10-23-12-14(17)18/h2-12H2,1H3,(H,15,16)(H,17,18). The summed E-state index contributed by atoms with van der Waals surface area (Å²) in [6, 6.07) is 0. The van der Waals surface area contributed by atoms with Gasteiger partial charge in [-0.1, -0.05) is 0 Å². The van der Waals surface area contributed by atoms with Gasteiger partial charge < -0.3 is 34.1 Å². The van der Waals surface area contributed by atoms with E-state index in [2.05, 4.69) is 5.32 Å². The molecule has 9 nitrogen and oxygen atoms in total. The zero-order valence-electron chi connectivity index (χ0n) is 13.6. The zero-order chi connectivity index (χ0) is 17.2. The van der Waals surface area contributed by atoms with Crippen molar-refractivity contribution < 1.29 is 38.4 Å². The third-order valence-electron chi connectivity index (χ3n) is 2.35. The summed E-state index contributed by atoms with van der Waals surface area (Å²) in [4.78, 5) is 21.3. The van der Waals surface area contributed by atoms with Crippen molar-refractivity contribution in [2.75, 3.05) is 72.6 Å². The molecule has 0 spiro atoms. The number of carbonyl (C=O) groups excluding carboxylic acids is 1. The number of amides is 1. The first-order valence-electron chi connectivity index (χ1n) is 7.54. The molecule has 0 saturated carbocycles. The zero-order valence-corrected chi connectivity index (χ0v) is 13.6. The maximum Gasteiger partial charge on any atom is 0.329 e. The molecule has 0 aliphatic carbocycles. The topological polar surface area (TPSA) is 113 Å². The summed E-state index contributed by atoms with van der Waals surface area (Å²) in [6.45, 7) is 5.22. The lowest BCUT2D eigenvalue weighted by atomic mass is 10.6. The SMILES string of the molecule is CCOCC(=O)NCCOCCOCCOCCOCC(=O)O. The van der Waals surface area contributed by atoms with Crippen molar-refractivity contribution in [1.82, 2.24) is 5.32 Å². The average molecular weight is 337 g/mol. The predicted molar refractivity (Wildman–Crippen MR) is 80.4 cm³/mol. The lowest BCUT2D eigenvalue weighted by Crippen LogP contribution is -2.30. The molecular formula is C14H27NO8. The molecule has 2 N–H and O–H groups in total. The Kier molecular flexibility index (Phi) is 16.2. The number of aliphatic carboxylic acids is 1. The van der Waals surface area contributed by atoms with Crippen LogP contribution in [0.4, 0.5) is 0 Å². The van der Waals surface area contributed by atoms with E-state index in [1.165, 1.54) is 0 Å². The fraction of sp³-hybridized carbons (Fsp3) is 0.857. The summed E-state index contributed by atoms with van der Waals surface area (Å²) in [5.74, 6) is -1.15. The van der Waals surface area contributed by atoms with Gasteiger partial charge in [0.25, 0.3) is 0 Å². The molecule has 0 unspecified atom stereocenters. The van der Waals surface area contributed by atoms with Gasteiger partial charge in [0.15, 0.2) is 0 Å². The molecule has 0 bridgehead atoms. The van der Waals surface area contributed by atoms with Gasteiger partial charge in [-0.3, -0.25) is 4.79 Å². The summed E-state index contributed by atoms with van der Waals surface area (Å²) in [5.41, 5.74) is 0. The maximum atomic E-state index is 11.2. The Balaban J connectivity index is 3.08. The number of carbonyl (C=O) groups is 2. The predicted octanol–water partition coefficient (Wildman–Crippen LogP) is -0.710. The Morgan fingerprint density at radius 1 is 0.783 bits per heavy atom. The van der Waals surface area contributed by atoms with Gasteiger partial charge in [-0.2, -0.15) is 0 Å². The van der Waals surface area contributed by atoms with E-state index in [0.717, 1.165) is 0 Å². The number of ether oxygens (including phenoxy) is 5. The van der Waals surface area contributed by atoms with Crippen LogP contribution in [-0.2, 0) is 33.3 Å². The minimum absolute atomic E-state index is 0.0704. The molecule has 0 aliphatic rings. The van der Waals surface area contributed by atoms with Crippen LogP contribution >= 0.6 is 0 Å². The van der Waals surface area contributed by atoms with Crippen molar-refractivity contribution in [3.05, 3.63) is 0 Å². The molecule has 0 aromatic heterocycles. The van der Waals surface area contributed by atoms with E-state index >= 15 is 0 Å². The van der Waals surface area contributed by atoms with Crippen molar-refractivity contribution in [3.63, 3.8) is 0 Å². The van der Waals surface area contributed by atoms with E-state index < -0.39 is 5.97 Å². The van der Waals surface area contributed by atoms with Crippen LogP contribution in [0, 0.1) is 0 Å². The third-order valence-corrected chi connectivity index (χ3v) is 2.35. The van der Waals surface area contributed by atoms with Gasteiger partial charge in [-0.15, -0.1) is 0 Å². The minimum Gasteiger partial charge on any atom is -0.480 e. The quantitative estimate of drug-likeness (QED) is 0.335. The Hall–Kier alpha value is -1.26. The molecule has 0 fully saturated rings. The number of hydrogen-bond acceptors (Lipinski definition) is 7. The first-order valence-corrected chi connectivity index (χ1v) is 7.54. The fourth-order valence-corrected chi connectivity index (χ4v) is 1.33. The van der Waals surface area contributed by atoms with Crippen LogP contribution in [0.1, 0.15) is 6.92 Å². The minimum atomic E-state index is -0.998. The molecule has 0 rings (SSSR count). The second-order valence-electron chi connectivity index (χ2n) is 4.27. The summed E-state index contributed by atoms with van der Waals surface area (Å²) < 4.78 is 25.5. The highest BCUT2D eigenvalue weighted by Gasteiger charge is 1.99. The highest BCUT2D eigenvalue weighted by molar-refractivity contribution is 5.77. The van der Waals surface area contributed by atoms with Gasteiger partial charge in [0.1, 0.15) is 13.2 Å². The van der Waals surface area contributed by atoms with Crippen molar-refractivity contribution >= 4 is 11.9 Å². The number of nitrogens with one attached hydrogen (secondary N) is 1. The van der Waals surface area contributed by atoms with Crippen LogP contribution in [0.3, 0.4) is 0 Å². The number of carboxylic acid groups (broad SMARTS) is 1. The van der Waals surface area contributed by atoms with E-state index in [9.17, 15) is 9.59 Å². The second-order valence-corrected chi connectivity index (χ2v) is 4.27. The molecule has 136 valence electrons. The largest absolute Gasteiger partial charge is 0.480 e. The molecule has 0 aromatic carbocycles. The van der Waals surface area contributed by atoms with Crippen LogP contribution in [0.2, 0.25) is 0 Å². The van der Waals surface area contributed by atoms with E-state index in [-0.39, 0.29) is 25.7 Å². The first kappa shape index (κ1) is 21.7. The van der Waals surface area contributed by atoms with Gasteiger partial charge in [-0.05, 0) is 6.92 Å². The van der Waals surface area contributed by atoms with E-state index in [0.29, 0.717) is 52.8 Å². The number of rotatable bonds is 17. The average Bonchev–Trinajstić information content (AvgIpc) is 2.52. The molecule has 0 aliphatic heterocycles. The van der Waals surface area contributed by atoms with Crippen LogP contribution in [0.5, 0.6) is 0 Å². The summed E-state index contributed by atoms with van der Waals surface area (Å²) in [7, 11) is 0. The van der Waals surface area contributed by atoms with Crippen LogP contribution in [-0.4, -0.2) is 89.6 Å². The van der Waals surface area contributed by atoms with Crippen LogP contribution in [0.25, 0.3) is 0 Å². The van der Waals surface area contributed by atoms with Crippen molar-refractivity contribution in [2.45, 2.75) is 6.92 Å². The Bertz CT molecular complexity index is 301. The van der Waals surface area contributed by atoms with Gasteiger partial charge in [-0.25, -0.2) is 4.79 Å². The van der Waals surface area contributed by atoms with Gasteiger partial charge in [0.2, 0.25) is 5.91 Å². The van der Waals surface area contributed by atoms with Gasteiger partial charge in [0.05, 0.1) is 46.2 Å². The molecule has 0 heterocycles. The van der Waals surface area contributed by atoms with E-state index in [1.807, 2.05) is 6.92 Å². The first-order chi connectivity index (χ1) is 11.2. The molecule has 0 atom stereocenters. The van der Waals surface area contributed by atoms with Gasteiger partial charge >= 0.3 is 5.97 Å². The number of hydrogen-bond donors (Lipinski definition) is 2. The Labute approximate surface area is 136 Å². The highest BCUT2D eigenvalue weighted by atomic mass is 16.6. The third kappa shape index (κ3) is 18.7. The van der Waals surface area contributed by atoms with Crippen LogP contribution in [0.15, 0.2) is 0 Å². The highest BCUT2D eigenvalue weighted by Crippen LogP contribution is 1.83. The Morgan fingerprint density at radius 2 is 1.30 bits per heavy atom. The summed E-state index contributed by atoms with van der Waals surface area (Å²) >= 11 is 0. The molecule has 23 heavy (non-hydrogen) atoms. The second kappa shape index (κ2) is 17.1. The molecule has 9 heteroatoms. The van der Waals surface area contributed by atoms with Crippen molar-refractivity contribution in [1.29, 1.82) is 0 Å². The fourth-order valence-electron chi connectivity index (χ4n) is 1.33. The summed E-state index contributed by atoms with van der Waals surface area (Å²) in [6.07, 6.45) is 0.